The highest BCUT2D eigenvalue weighted by Gasteiger charge is 2.21. The van der Waals surface area contributed by atoms with Crippen molar-refractivity contribution in [1.29, 1.82) is 0 Å². The zero-order valence-corrected chi connectivity index (χ0v) is 19.5. The van der Waals surface area contributed by atoms with Gasteiger partial charge in [-0.1, -0.05) is 30.3 Å². The number of para-hydroxylation sites is 2. The number of methoxy groups -OCH3 is 1. The molecule has 0 fully saturated rings. The lowest BCUT2D eigenvalue weighted by molar-refractivity contribution is -0.144. The maximum Gasteiger partial charge on any atom is 0.307 e. The number of anilines is 2. The molecule has 0 atom stereocenters. The van der Waals surface area contributed by atoms with E-state index >= 15 is 0 Å². The predicted molar refractivity (Wildman–Crippen MR) is 126 cm³/mol. The molecule has 1 N–H and O–H groups in total. The van der Waals surface area contributed by atoms with E-state index < -0.39 is 5.97 Å². The van der Waals surface area contributed by atoms with Crippen LogP contribution in [-0.4, -0.2) is 36.4 Å². The van der Waals surface area contributed by atoms with Crippen molar-refractivity contribution in [2.45, 2.75) is 26.9 Å². The molecule has 3 aromatic rings. The van der Waals surface area contributed by atoms with Crippen molar-refractivity contribution in [3.63, 3.8) is 0 Å². The van der Waals surface area contributed by atoms with Gasteiger partial charge in [0.15, 0.2) is 5.13 Å². The van der Waals surface area contributed by atoms with Gasteiger partial charge in [-0.15, -0.1) is 11.3 Å². The Morgan fingerprint density at radius 3 is 2.55 bits per heavy atom. The Balaban J connectivity index is 1.54. The number of benzene rings is 2. The van der Waals surface area contributed by atoms with Crippen LogP contribution in [0.15, 0.2) is 53.9 Å². The van der Waals surface area contributed by atoms with Crippen molar-refractivity contribution < 1.29 is 23.9 Å². The lowest BCUT2D eigenvalue weighted by atomic mass is 10.1. The molecule has 33 heavy (non-hydrogen) atoms. The molecular formula is C24H25N3O5S. The summed E-state index contributed by atoms with van der Waals surface area (Å²) in [5.74, 6) is -0.362. The summed E-state index contributed by atoms with van der Waals surface area (Å²) < 4.78 is 10.6. The van der Waals surface area contributed by atoms with Crippen LogP contribution in [0.25, 0.3) is 0 Å². The number of hydrogen-bond acceptors (Lipinski definition) is 7. The number of aromatic nitrogens is 1. The number of esters is 1. The minimum atomic E-state index is -0.456. The Kier molecular flexibility index (Phi) is 8.15. The topological polar surface area (TPSA) is 97.8 Å². The third-order valence-electron chi connectivity index (χ3n) is 4.76. The van der Waals surface area contributed by atoms with Gasteiger partial charge in [-0.3, -0.25) is 19.3 Å². The molecule has 172 valence electrons. The molecule has 0 saturated carbocycles. The van der Waals surface area contributed by atoms with Crippen LogP contribution < -0.4 is 15.0 Å². The van der Waals surface area contributed by atoms with Gasteiger partial charge in [0.1, 0.15) is 12.4 Å². The number of amides is 2. The fraction of sp³-hybridized carbons (Fsp3) is 0.250. The van der Waals surface area contributed by atoms with Crippen LogP contribution in [0.1, 0.15) is 35.0 Å². The molecule has 0 aliphatic carbocycles. The van der Waals surface area contributed by atoms with Crippen LogP contribution in [0, 0.1) is 6.92 Å². The standard InChI is InChI=1S/C24H25N3O5S/c1-16-8-4-5-9-19(16)23(30)25-13-12-22(29)32-14-18-15-33-24(26-18)27(17(2)28)20-10-6-7-11-21(20)31-3/h4-11,15H,12-14H2,1-3H3,(H,25,30). The van der Waals surface area contributed by atoms with Gasteiger partial charge in [-0.05, 0) is 30.7 Å². The van der Waals surface area contributed by atoms with Crippen LogP contribution in [0.2, 0.25) is 0 Å². The minimum absolute atomic E-state index is 0.0290. The smallest absolute Gasteiger partial charge is 0.307 e. The molecule has 0 unspecified atom stereocenters. The quantitative estimate of drug-likeness (QED) is 0.478. The summed E-state index contributed by atoms with van der Waals surface area (Å²) in [7, 11) is 1.54. The number of nitrogens with zero attached hydrogens (tertiary/aromatic N) is 2. The molecule has 3 rings (SSSR count). The van der Waals surface area contributed by atoms with Crippen LogP contribution in [0.3, 0.4) is 0 Å². The van der Waals surface area contributed by atoms with E-state index in [9.17, 15) is 14.4 Å². The van der Waals surface area contributed by atoms with Gasteiger partial charge in [0.2, 0.25) is 5.91 Å². The van der Waals surface area contributed by atoms with Gasteiger partial charge in [-0.25, -0.2) is 4.98 Å². The van der Waals surface area contributed by atoms with Gasteiger partial charge in [0.05, 0.1) is 24.9 Å². The molecule has 0 radical (unpaired) electrons. The van der Waals surface area contributed by atoms with E-state index in [2.05, 4.69) is 10.3 Å². The fourth-order valence-corrected chi connectivity index (χ4v) is 3.98. The van der Waals surface area contributed by atoms with Gasteiger partial charge >= 0.3 is 5.97 Å². The molecule has 0 aliphatic heterocycles. The van der Waals surface area contributed by atoms with Crippen molar-refractivity contribution >= 4 is 39.9 Å². The predicted octanol–water partition coefficient (Wildman–Crippen LogP) is 4.01. The van der Waals surface area contributed by atoms with Crippen LogP contribution >= 0.6 is 11.3 Å². The van der Waals surface area contributed by atoms with Gasteiger partial charge in [-0.2, -0.15) is 0 Å². The van der Waals surface area contributed by atoms with Crippen molar-refractivity contribution in [3.8, 4) is 5.75 Å². The zero-order chi connectivity index (χ0) is 23.8. The fourth-order valence-electron chi connectivity index (χ4n) is 3.11. The van der Waals surface area contributed by atoms with E-state index in [1.807, 2.05) is 31.2 Å². The second kappa shape index (κ2) is 11.2. The summed E-state index contributed by atoms with van der Waals surface area (Å²) in [4.78, 5) is 42.5. The molecule has 2 aromatic carbocycles. The number of nitrogens with one attached hydrogen (secondary N) is 1. The molecule has 0 aliphatic rings. The molecule has 2 amide bonds. The zero-order valence-electron chi connectivity index (χ0n) is 18.7. The largest absolute Gasteiger partial charge is 0.495 e. The SMILES string of the molecule is COc1ccccc1N(C(C)=O)c1nc(COC(=O)CCNC(=O)c2ccccc2C)cs1. The normalized spacial score (nSPS) is 10.4. The first-order valence-corrected chi connectivity index (χ1v) is 11.2. The Bertz CT molecular complexity index is 1140. The summed E-state index contributed by atoms with van der Waals surface area (Å²) in [6.45, 7) is 3.43. The Morgan fingerprint density at radius 2 is 1.82 bits per heavy atom. The number of thiazole rings is 1. The van der Waals surface area contributed by atoms with Gasteiger partial charge in [0.25, 0.3) is 5.91 Å². The number of carbonyl (C=O) groups excluding carboxylic acids is 3. The Morgan fingerprint density at radius 1 is 1.09 bits per heavy atom. The number of aryl methyl sites for hydroxylation is 1. The average molecular weight is 468 g/mol. The van der Waals surface area contributed by atoms with E-state index in [0.717, 1.165) is 5.56 Å². The number of rotatable bonds is 9. The molecular weight excluding hydrogens is 442 g/mol. The maximum absolute atomic E-state index is 12.3. The van der Waals surface area contributed by atoms with Crippen LogP contribution in [-0.2, 0) is 20.9 Å². The molecule has 1 heterocycles. The third kappa shape index (κ3) is 6.17. The molecule has 0 bridgehead atoms. The van der Waals surface area contributed by atoms with E-state index in [0.29, 0.717) is 27.8 Å². The summed E-state index contributed by atoms with van der Waals surface area (Å²) in [5.41, 5.74) is 2.54. The highest BCUT2D eigenvalue weighted by atomic mass is 32.1. The highest BCUT2D eigenvalue weighted by molar-refractivity contribution is 7.14. The van der Waals surface area contributed by atoms with Crippen LogP contribution in [0.4, 0.5) is 10.8 Å². The first kappa shape index (κ1) is 23.9. The molecule has 0 saturated heterocycles. The third-order valence-corrected chi connectivity index (χ3v) is 5.63. The number of ether oxygens (including phenoxy) is 2. The van der Waals surface area contributed by atoms with Gasteiger partial charge in [0, 0.05) is 24.4 Å². The molecule has 9 heteroatoms. The lowest BCUT2D eigenvalue weighted by Crippen LogP contribution is -2.27. The summed E-state index contributed by atoms with van der Waals surface area (Å²) >= 11 is 1.26. The van der Waals surface area contributed by atoms with Crippen molar-refractivity contribution in [1.82, 2.24) is 10.3 Å². The summed E-state index contributed by atoms with van der Waals surface area (Å²) in [5, 5.41) is 4.90. The van der Waals surface area contributed by atoms with E-state index in [-0.39, 0.29) is 31.4 Å². The van der Waals surface area contributed by atoms with E-state index in [1.54, 1.807) is 29.6 Å². The maximum atomic E-state index is 12.3. The average Bonchev–Trinajstić information content (AvgIpc) is 3.26. The summed E-state index contributed by atoms with van der Waals surface area (Å²) in [6, 6.07) is 14.4. The number of hydrogen-bond donors (Lipinski definition) is 1. The Labute approximate surface area is 196 Å². The van der Waals surface area contributed by atoms with E-state index in [1.165, 1.54) is 30.3 Å². The monoisotopic (exact) mass is 467 g/mol. The Hall–Kier alpha value is -3.72. The minimum Gasteiger partial charge on any atom is -0.495 e. The summed E-state index contributed by atoms with van der Waals surface area (Å²) in [6.07, 6.45) is 0.0371. The lowest BCUT2D eigenvalue weighted by Gasteiger charge is -2.20. The number of carbonyl (C=O) groups is 3. The van der Waals surface area contributed by atoms with Crippen molar-refractivity contribution in [2.75, 3.05) is 18.6 Å². The molecule has 8 nitrogen and oxygen atoms in total. The van der Waals surface area contributed by atoms with Gasteiger partial charge < -0.3 is 14.8 Å². The second-order valence-electron chi connectivity index (χ2n) is 7.13. The highest BCUT2D eigenvalue weighted by Crippen LogP contribution is 2.35. The van der Waals surface area contributed by atoms with E-state index in [4.69, 9.17) is 9.47 Å². The molecule has 0 spiro atoms. The van der Waals surface area contributed by atoms with Crippen molar-refractivity contribution in [2.24, 2.45) is 0 Å². The molecule has 1 aromatic heterocycles. The first-order chi connectivity index (χ1) is 15.9. The van der Waals surface area contributed by atoms with Crippen molar-refractivity contribution in [3.05, 3.63) is 70.7 Å². The first-order valence-electron chi connectivity index (χ1n) is 10.3. The second-order valence-corrected chi connectivity index (χ2v) is 7.97. The van der Waals surface area contributed by atoms with Crippen LogP contribution in [0.5, 0.6) is 5.75 Å².